The van der Waals surface area contributed by atoms with Crippen molar-refractivity contribution in [1.82, 2.24) is 5.32 Å². The van der Waals surface area contributed by atoms with Crippen molar-refractivity contribution in [3.8, 4) is 0 Å². The average molecular weight is 284 g/mol. The Labute approximate surface area is 121 Å². The van der Waals surface area contributed by atoms with Crippen molar-refractivity contribution in [1.29, 1.82) is 0 Å². The van der Waals surface area contributed by atoms with E-state index in [4.69, 9.17) is 5.73 Å². The first-order chi connectivity index (χ1) is 9.19. The third-order valence-electron chi connectivity index (χ3n) is 4.55. The Morgan fingerprint density at radius 3 is 2.79 bits per heavy atom. The second-order valence-corrected chi connectivity index (χ2v) is 7.32. The summed E-state index contributed by atoms with van der Waals surface area (Å²) < 4.78 is 0. The van der Waals surface area contributed by atoms with Gasteiger partial charge >= 0.3 is 0 Å². The van der Waals surface area contributed by atoms with E-state index >= 15 is 0 Å². The van der Waals surface area contributed by atoms with E-state index < -0.39 is 0 Å². The Morgan fingerprint density at radius 2 is 2.16 bits per heavy atom. The molecule has 0 aromatic heterocycles. The van der Waals surface area contributed by atoms with Gasteiger partial charge in [0.05, 0.1) is 0 Å². The van der Waals surface area contributed by atoms with Crippen LogP contribution >= 0.6 is 11.8 Å². The van der Waals surface area contributed by atoms with Crippen molar-refractivity contribution in [2.24, 2.45) is 11.7 Å². The fourth-order valence-electron chi connectivity index (χ4n) is 3.22. The maximum Gasteiger partial charge on any atom is 0.238 e. The van der Waals surface area contributed by atoms with Crippen LogP contribution in [-0.4, -0.2) is 29.0 Å². The quantitative estimate of drug-likeness (QED) is 0.640. The van der Waals surface area contributed by atoms with Gasteiger partial charge in [0.15, 0.2) is 0 Å². The molecule has 0 saturated heterocycles. The molecule has 2 fully saturated rings. The van der Waals surface area contributed by atoms with Crippen molar-refractivity contribution < 1.29 is 4.79 Å². The summed E-state index contributed by atoms with van der Waals surface area (Å²) in [5.74, 6) is 2.77. The molecule has 2 rings (SSSR count). The molecule has 2 unspecified atom stereocenters. The van der Waals surface area contributed by atoms with Crippen LogP contribution in [0.4, 0.5) is 0 Å². The van der Waals surface area contributed by atoms with Gasteiger partial charge in [-0.25, -0.2) is 0 Å². The van der Waals surface area contributed by atoms with Crippen molar-refractivity contribution in [2.45, 2.75) is 69.9 Å². The maximum atomic E-state index is 12.0. The molecule has 0 spiro atoms. The maximum absolute atomic E-state index is 12.0. The molecule has 0 heterocycles. The van der Waals surface area contributed by atoms with Crippen molar-refractivity contribution in [3.63, 3.8) is 0 Å². The number of primary amides is 1. The highest BCUT2D eigenvalue weighted by Crippen LogP contribution is 2.40. The molecule has 2 saturated carbocycles. The van der Waals surface area contributed by atoms with E-state index in [1.54, 1.807) is 0 Å². The summed E-state index contributed by atoms with van der Waals surface area (Å²) in [5.41, 5.74) is 5.36. The molecular formula is C15H28N2OS. The number of nitrogens with two attached hydrogens (primary N) is 1. The number of rotatable bonds is 9. The number of hydrogen-bond donors (Lipinski definition) is 2. The molecule has 1 amide bonds. The fraction of sp³-hybridized carbons (Fsp3) is 0.933. The van der Waals surface area contributed by atoms with Crippen LogP contribution in [0.5, 0.6) is 0 Å². The molecule has 3 N–H and O–H groups in total. The lowest BCUT2D eigenvalue weighted by Gasteiger charge is -2.34. The van der Waals surface area contributed by atoms with Gasteiger partial charge in [0, 0.05) is 6.04 Å². The smallest absolute Gasteiger partial charge is 0.238 e. The zero-order valence-electron chi connectivity index (χ0n) is 12.1. The Morgan fingerprint density at radius 1 is 1.37 bits per heavy atom. The minimum Gasteiger partial charge on any atom is -0.368 e. The van der Waals surface area contributed by atoms with Gasteiger partial charge in [0.25, 0.3) is 0 Å². The lowest BCUT2D eigenvalue weighted by atomic mass is 9.84. The summed E-state index contributed by atoms with van der Waals surface area (Å²) in [6, 6.07) is 0.556. The number of unbranched alkanes of at least 4 members (excludes halogenated alkanes) is 1. The standard InChI is InChI=1S/C15H28N2OS/c1-2-3-10-19-11-8-12-5-4-9-15(12,14(16)18)17-13-6-7-13/h12-13,17H,2-11H2,1H3,(H2,16,18). The van der Waals surface area contributed by atoms with Crippen LogP contribution in [0.3, 0.4) is 0 Å². The zero-order valence-corrected chi connectivity index (χ0v) is 12.9. The Kier molecular flexibility index (Phi) is 5.58. The number of carbonyl (C=O) groups excluding carboxylic acids is 1. The Bertz CT molecular complexity index is 307. The summed E-state index contributed by atoms with van der Waals surface area (Å²) >= 11 is 2.03. The largest absolute Gasteiger partial charge is 0.368 e. The van der Waals surface area contributed by atoms with E-state index in [-0.39, 0.29) is 11.4 Å². The van der Waals surface area contributed by atoms with Gasteiger partial charge in [-0.05, 0) is 55.9 Å². The molecule has 0 radical (unpaired) electrons. The monoisotopic (exact) mass is 284 g/mol. The van der Waals surface area contributed by atoms with Crippen LogP contribution in [0.1, 0.15) is 58.3 Å². The molecule has 0 bridgehead atoms. The van der Waals surface area contributed by atoms with Gasteiger partial charge < -0.3 is 11.1 Å². The number of carbonyl (C=O) groups is 1. The van der Waals surface area contributed by atoms with Crippen molar-refractivity contribution in [2.75, 3.05) is 11.5 Å². The molecule has 19 heavy (non-hydrogen) atoms. The molecule has 2 aliphatic rings. The van der Waals surface area contributed by atoms with E-state index in [1.165, 1.54) is 37.2 Å². The number of thioether (sulfide) groups is 1. The first-order valence-electron chi connectivity index (χ1n) is 7.84. The number of nitrogens with one attached hydrogen (secondary N) is 1. The predicted octanol–water partition coefficient (Wildman–Crippen LogP) is 2.69. The normalized spacial score (nSPS) is 30.7. The van der Waals surface area contributed by atoms with E-state index in [1.807, 2.05) is 11.8 Å². The highest BCUT2D eigenvalue weighted by Gasteiger charge is 2.49. The average Bonchev–Trinajstić information content (AvgIpc) is 3.09. The Balaban J connectivity index is 1.84. The molecule has 2 atom stereocenters. The van der Waals surface area contributed by atoms with E-state index in [0.29, 0.717) is 12.0 Å². The highest BCUT2D eigenvalue weighted by molar-refractivity contribution is 7.99. The summed E-state index contributed by atoms with van der Waals surface area (Å²) in [5, 5.41) is 3.58. The fourth-order valence-corrected chi connectivity index (χ4v) is 4.37. The van der Waals surface area contributed by atoms with Crippen LogP contribution in [0.25, 0.3) is 0 Å². The third-order valence-corrected chi connectivity index (χ3v) is 5.65. The molecule has 110 valence electrons. The first kappa shape index (κ1) is 15.2. The van der Waals surface area contributed by atoms with Crippen molar-refractivity contribution in [3.05, 3.63) is 0 Å². The second kappa shape index (κ2) is 6.98. The zero-order chi connectivity index (χ0) is 13.7. The summed E-state index contributed by atoms with van der Waals surface area (Å²) in [6.45, 7) is 2.23. The van der Waals surface area contributed by atoms with Gasteiger partial charge in [-0.1, -0.05) is 19.8 Å². The topological polar surface area (TPSA) is 55.1 Å². The highest BCUT2D eigenvalue weighted by atomic mass is 32.2. The van der Waals surface area contributed by atoms with Crippen LogP contribution in [0.15, 0.2) is 0 Å². The van der Waals surface area contributed by atoms with E-state index in [2.05, 4.69) is 12.2 Å². The van der Waals surface area contributed by atoms with E-state index in [9.17, 15) is 4.79 Å². The minimum atomic E-state index is -0.382. The first-order valence-corrected chi connectivity index (χ1v) is 9.00. The minimum absolute atomic E-state index is 0.111. The van der Waals surface area contributed by atoms with Crippen LogP contribution in [0, 0.1) is 5.92 Å². The van der Waals surface area contributed by atoms with Crippen LogP contribution in [-0.2, 0) is 4.79 Å². The SMILES string of the molecule is CCCCSCCC1CCCC1(NC1CC1)C(N)=O. The summed E-state index contributed by atoms with van der Waals surface area (Å²) in [4.78, 5) is 12.0. The summed E-state index contributed by atoms with van der Waals surface area (Å²) in [7, 11) is 0. The van der Waals surface area contributed by atoms with Crippen LogP contribution < -0.4 is 11.1 Å². The van der Waals surface area contributed by atoms with Gasteiger partial charge in [-0.2, -0.15) is 11.8 Å². The lowest BCUT2D eigenvalue weighted by molar-refractivity contribution is -0.126. The molecule has 2 aliphatic carbocycles. The number of hydrogen-bond acceptors (Lipinski definition) is 3. The van der Waals surface area contributed by atoms with Gasteiger partial charge in [-0.15, -0.1) is 0 Å². The van der Waals surface area contributed by atoms with Gasteiger partial charge in [-0.3, -0.25) is 4.79 Å². The second-order valence-electron chi connectivity index (χ2n) is 6.10. The molecular weight excluding hydrogens is 256 g/mol. The third kappa shape index (κ3) is 3.88. The molecule has 4 heteroatoms. The summed E-state index contributed by atoms with van der Waals surface area (Å²) in [6.07, 6.45) is 9.39. The predicted molar refractivity (Wildman–Crippen MR) is 82.3 cm³/mol. The number of amides is 1. The molecule has 0 aromatic carbocycles. The van der Waals surface area contributed by atoms with Crippen LogP contribution in [0.2, 0.25) is 0 Å². The van der Waals surface area contributed by atoms with Crippen molar-refractivity contribution >= 4 is 17.7 Å². The van der Waals surface area contributed by atoms with Gasteiger partial charge in [0.2, 0.25) is 5.91 Å². The lowest BCUT2D eigenvalue weighted by Crippen LogP contribution is -2.58. The van der Waals surface area contributed by atoms with E-state index in [0.717, 1.165) is 25.7 Å². The Hall–Kier alpha value is -0.220. The molecule has 0 aliphatic heterocycles. The molecule has 0 aromatic rings. The van der Waals surface area contributed by atoms with Gasteiger partial charge in [0.1, 0.15) is 5.54 Å². The molecule has 3 nitrogen and oxygen atoms in total.